The van der Waals surface area contributed by atoms with E-state index in [4.69, 9.17) is 25.7 Å². The molecule has 0 radical (unpaired) electrons. The Labute approximate surface area is 597 Å². The number of halogens is 2. The van der Waals surface area contributed by atoms with Crippen LogP contribution < -0.4 is 43.4 Å². The van der Waals surface area contributed by atoms with Crippen LogP contribution in [0.25, 0.3) is 0 Å². The number of nitrogens with two attached hydrogens (primary N) is 2. The number of carbonyl (C=O) groups excluding carboxylic acids is 12. The number of carbonyl (C=O) groups is 12. The Kier molecular flexibility index (Phi) is 35.9. The van der Waals surface area contributed by atoms with Gasteiger partial charge in [0.1, 0.15) is 42.4 Å². The molecule has 0 aliphatic carbocycles. The number of ether oxygens (including phenoxy) is 3. The lowest BCUT2D eigenvalue weighted by molar-refractivity contribution is -0.148. The number of rotatable bonds is 43. The van der Waals surface area contributed by atoms with Gasteiger partial charge in [-0.1, -0.05) is 93.4 Å². The number of likely N-dealkylation sites (tertiary alicyclic amines) is 2. The minimum absolute atomic E-state index is 0.0225. The number of nitrogens with zero attached hydrogens (tertiary/aromatic N) is 4. The zero-order valence-electron chi connectivity index (χ0n) is 61.0. The van der Waals surface area contributed by atoms with Crippen molar-refractivity contribution in [3.63, 3.8) is 0 Å². The number of methoxy groups -OCH3 is 2. The molecule has 2 aromatic carbocycles. The molecule has 2 aromatic rings. The number of thioether (sulfide) groups is 1. The van der Waals surface area contributed by atoms with E-state index in [1.807, 2.05) is 13.8 Å². The van der Waals surface area contributed by atoms with Crippen LogP contribution in [-0.4, -0.2) is 205 Å². The largest absolute Gasteiger partial charge is 0.445 e. The number of amides is 13. The van der Waals surface area contributed by atoms with Gasteiger partial charge in [-0.3, -0.25) is 57.7 Å². The third-order valence-corrected chi connectivity index (χ3v) is 20.0. The van der Waals surface area contributed by atoms with Crippen LogP contribution in [0.4, 0.5) is 24.1 Å². The van der Waals surface area contributed by atoms with E-state index in [9.17, 15) is 66.3 Å². The zero-order chi connectivity index (χ0) is 75.4. The molecule has 2 aliphatic rings. The van der Waals surface area contributed by atoms with E-state index in [2.05, 4.69) is 31.9 Å². The number of nitrogens with one attached hydrogen (secondary N) is 6. The lowest BCUT2D eigenvalue weighted by Crippen LogP contribution is -2.60. The van der Waals surface area contributed by atoms with Gasteiger partial charge in [0.2, 0.25) is 59.1 Å². The van der Waals surface area contributed by atoms with Crippen LogP contribution in [0.3, 0.4) is 0 Å². The van der Waals surface area contributed by atoms with Crippen molar-refractivity contribution in [3.05, 3.63) is 65.2 Å². The first-order valence-electron chi connectivity index (χ1n) is 35.1. The molecule has 4 rings (SSSR count). The maximum atomic E-state index is 14.8. The molecule has 2 saturated heterocycles. The van der Waals surface area contributed by atoms with Crippen molar-refractivity contribution >= 4 is 88.6 Å². The van der Waals surface area contributed by atoms with Gasteiger partial charge in [0.25, 0.3) is 0 Å². The summed E-state index contributed by atoms with van der Waals surface area (Å²) in [5.74, 6) is -7.53. The highest BCUT2D eigenvalue weighted by Crippen LogP contribution is 2.31. The fourth-order valence-electron chi connectivity index (χ4n) is 12.8. The van der Waals surface area contributed by atoms with E-state index in [-0.39, 0.29) is 100 Å². The molecule has 564 valence electrons. The summed E-state index contributed by atoms with van der Waals surface area (Å²) in [6.07, 6.45) is 1.74. The lowest BCUT2D eigenvalue weighted by Gasteiger charge is -2.41. The molecule has 1 unspecified atom stereocenters. The van der Waals surface area contributed by atoms with Gasteiger partial charge in [-0.15, -0.1) is 11.8 Å². The second-order valence-corrected chi connectivity index (χ2v) is 28.5. The number of hydrogen-bond acceptors (Lipinski definition) is 16. The summed E-state index contributed by atoms with van der Waals surface area (Å²) in [5, 5.41) is 16.0. The summed E-state index contributed by atoms with van der Waals surface area (Å²) < 4.78 is 46.2. The second-order valence-electron chi connectivity index (χ2n) is 27.2. The van der Waals surface area contributed by atoms with Crippen molar-refractivity contribution in [3.8, 4) is 0 Å². The molecule has 2 fully saturated rings. The second kappa shape index (κ2) is 42.4. The lowest BCUT2D eigenvalue weighted by atomic mass is 9.89. The maximum absolute atomic E-state index is 14.8. The smallest absolute Gasteiger partial charge is 0.410 e. The van der Waals surface area contributed by atoms with Crippen molar-refractivity contribution < 1.29 is 80.5 Å². The van der Waals surface area contributed by atoms with Crippen LogP contribution in [0.15, 0.2) is 42.5 Å². The zero-order valence-corrected chi connectivity index (χ0v) is 61.8. The molecule has 11 atom stereocenters. The highest BCUT2D eigenvalue weighted by atomic mass is 32.2. The van der Waals surface area contributed by atoms with Crippen LogP contribution in [0.1, 0.15) is 157 Å². The Morgan fingerprint density at radius 1 is 0.723 bits per heavy atom. The first kappa shape index (κ1) is 85.4. The van der Waals surface area contributed by atoms with Crippen LogP contribution in [0, 0.1) is 41.2 Å². The van der Waals surface area contributed by atoms with E-state index in [1.54, 1.807) is 84.7 Å². The van der Waals surface area contributed by atoms with E-state index in [0.717, 1.165) is 17.0 Å². The SMILES string of the molecule is CC[C@H](C)[C@@H]([C@@H](CC(=O)N1CCC[C@H]1[C@H](OC)[C@@H](C)C(=O)NCCc1c(F)cccc1F)OC)N(C)C(=O)[C@@H](NC(=O)[C@H](C(C)C)N(C)C(=O)OCc1ccc(NC(=O)[C@H](CCCNC(N)=O)NC(=O)[C@@H](NC(=O)CCCCCN2C(=O)CC(SCCCC(N)=O)C2=O)C(C)C)cc1)C(C)C. The number of urea groups is 1. The van der Waals surface area contributed by atoms with Gasteiger partial charge in [0.05, 0.1) is 41.9 Å². The Hall–Kier alpha value is -7.99. The van der Waals surface area contributed by atoms with Gasteiger partial charge < -0.3 is 67.4 Å². The summed E-state index contributed by atoms with van der Waals surface area (Å²) in [6, 6.07) is 3.61. The third-order valence-electron chi connectivity index (χ3n) is 18.7. The van der Waals surface area contributed by atoms with Gasteiger partial charge in [-0.2, -0.15) is 0 Å². The summed E-state index contributed by atoms with van der Waals surface area (Å²) in [6.45, 7) is 16.5. The quantitative estimate of drug-likeness (QED) is 0.0292. The predicted molar refractivity (Wildman–Crippen MR) is 378 cm³/mol. The molecule has 30 heteroatoms. The fourth-order valence-corrected chi connectivity index (χ4v) is 13.9. The molecule has 27 nitrogen and oxygen atoms in total. The third kappa shape index (κ3) is 26.1. The summed E-state index contributed by atoms with van der Waals surface area (Å²) in [4.78, 5) is 165. The molecule has 2 heterocycles. The van der Waals surface area contributed by atoms with Gasteiger partial charge in [-0.25, -0.2) is 18.4 Å². The number of anilines is 1. The standard InChI is InChI=1S/C71H110F2N12O15S/c1-14-44(8)62(53(98-12)38-57(88)84-36-20-25-52(84)63(99-13)45(9)64(90)76-34-32-48-49(72)22-18-23-50(48)73)82(10)69(95)60(42(4)5)81-67(93)61(43(6)7)83(11)71(97)100-40-46-28-30-47(31-29-46)78-65(91)51(24-19-33-77-70(75)96)79-66(92)59(41(2)3)80-56(87)27-16-15-17-35-85-58(89)39-54(68(85)94)101-37-21-26-55(74)86/h18,22-23,28-31,41-45,51-54,59-63H,14-17,19-21,24-27,32-40H2,1-13H3,(H2,74,86)(H,76,90)(H,78,91)(H,79,92)(H,80,87)(H,81,93)(H3,75,77,96)/t44-,45+,51-,52-,53+,54?,59-,60-,61-,62-,63+/m0/s1. The molecular formula is C71H110F2N12O15S. The van der Waals surface area contributed by atoms with Crippen LogP contribution in [0.2, 0.25) is 0 Å². The minimum Gasteiger partial charge on any atom is -0.445 e. The Morgan fingerprint density at radius 2 is 1.39 bits per heavy atom. The average Bonchev–Trinajstić information content (AvgIpc) is 1.77. The van der Waals surface area contributed by atoms with Gasteiger partial charge in [0, 0.05) is 85.0 Å². The van der Waals surface area contributed by atoms with E-state index in [1.165, 1.54) is 48.9 Å². The molecule has 0 spiro atoms. The molecular weight excluding hydrogens is 1330 g/mol. The Bertz CT molecular complexity index is 3110. The topological polar surface area (TPSA) is 370 Å². The van der Waals surface area contributed by atoms with Crippen LogP contribution >= 0.6 is 11.8 Å². The van der Waals surface area contributed by atoms with Gasteiger partial charge >= 0.3 is 12.1 Å². The van der Waals surface area contributed by atoms with Crippen LogP contribution in [-0.2, 0) is 75.2 Å². The fraction of sp³-hybridized carbons (Fsp3) is 0.662. The number of unbranched alkanes of at least 4 members (excludes halogenated alkanes) is 2. The molecule has 0 saturated carbocycles. The highest BCUT2D eigenvalue weighted by Gasteiger charge is 2.44. The number of benzene rings is 2. The monoisotopic (exact) mass is 1440 g/mol. The maximum Gasteiger partial charge on any atom is 0.410 e. The summed E-state index contributed by atoms with van der Waals surface area (Å²) >= 11 is 1.33. The number of imide groups is 1. The summed E-state index contributed by atoms with van der Waals surface area (Å²) in [5.41, 5.74) is 11.1. The van der Waals surface area contributed by atoms with Crippen molar-refractivity contribution in [1.29, 1.82) is 0 Å². The molecule has 2 aliphatic heterocycles. The first-order valence-corrected chi connectivity index (χ1v) is 36.1. The minimum atomic E-state index is -1.14. The van der Waals surface area contributed by atoms with Crippen molar-refractivity contribution in [2.24, 2.45) is 41.1 Å². The normalized spacial score (nSPS) is 17.2. The molecule has 10 N–H and O–H groups in total. The number of hydrogen-bond donors (Lipinski definition) is 8. The Morgan fingerprint density at radius 3 is 1.98 bits per heavy atom. The molecule has 13 amide bonds. The highest BCUT2D eigenvalue weighted by molar-refractivity contribution is 8.00. The molecule has 0 bridgehead atoms. The van der Waals surface area contributed by atoms with Gasteiger partial charge in [0.15, 0.2) is 0 Å². The van der Waals surface area contributed by atoms with E-state index < -0.39 is 142 Å². The van der Waals surface area contributed by atoms with E-state index in [0.29, 0.717) is 68.5 Å². The van der Waals surface area contributed by atoms with Crippen molar-refractivity contribution in [1.82, 2.24) is 46.2 Å². The molecule has 101 heavy (non-hydrogen) atoms. The summed E-state index contributed by atoms with van der Waals surface area (Å²) in [7, 11) is 5.96. The predicted octanol–water partition coefficient (Wildman–Crippen LogP) is 5.68. The van der Waals surface area contributed by atoms with Crippen molar-refractivity contribution in [2.45, 2.75) is 213 Å². The average molecular weight is 1440 g/mol. The first-order chi connectivity index (χ1) is 47.8. The van der Waals surface area contributed by atoms with Crippen LogP contribution in [0.5, 0.6) is 0 Å². The molecule has 0 aromatic heterocycles. The number of primary amides is 2. The van der Waals surface area contributed by atoms with Crippen molar-refractivity contribution in [2.75, 3.05) is 65.6 Å². The number of likely N-dealkylation sites (N-methyl/N-ethyl adjacent to an activating group) is 2. The van der Waals surface area contributed by atoms with E-state index >= 15 is 0 Å². The Balaban J connectivity index is 1.35. The van der Waals surface area contributed by atoms with Gasteiger partial charge in [-0.05, 0) is 111 Å².